The lowest BCUT2D eigenvalue weighted by Gasteiger charge is -2.29. The third-order valence-corrected chi connectivity index (χ3v) is 4.19. The van der Waals surface area contributed by atoms with Crippen LogP contribution in [0, 0.1) is 0 Å². The molecule has 0 N–H and O–H groups in total. The minimum atomic E-state index is -1.19. The van der Waals surface area contributed by atoms with Crippen LogP contribution < -0.4 is 0 Å². The minimum absolute atomic E-state index is 0.102. The van der Waals surface area contributed by atoms with Crippen molar-refractivity contribution in [3.05, 3.63) is 0 Å². The van der Waals surface area contributed by atoms with Crippen LogP contribution in [0.1, 0.15) is 39.5 Å². The quantitative estimate of drug-likeness (QED) is 0.532. The molecule has 5 heteroatoms. The summed E-state index contributed by atoms with van der Waals surface area (Å²) in [7, 11) is -1.19. The van der Waals surface area contributed by atoms with Crippen molar-refractivity contribution in [1.29, 1.82) is 0 Å². The molecule has 1 aliphatic rings. The van der Waals surface area contributed by atoms with Crippen molar-refractivity contribution < 1.29 is 13.6 Å². The van der Waals surface area contributed by atoms with Gasteiger partial charge in [0.1, 0.15) is 0 Å². The molecule has 0 aromatic heterocycles. The van der Waals surface area contributed by atoms with E-state index in [0.717, 1.165) is 12.8 Å². The van der Waals surface area contributed by atoms with Crippen LogP contribution in [0.3, 0.4) is 0 Å². The Balaban J connectivity index is 2.33. The van der Waals surface area contributed by atoms with E-state index in [1.807, 2.05) is 13.8 Å². The summed E-state index contributed by atoms with van der Waals surface area (Å²) in [5, 5.41) is 0.115. The summed E-state index contributed by atoms with van der Waals surface area (Å²) in [5.41, 5.74) is 0. The summed E-state index contributed by atoms with van der Waals surface area (Å²) in [5.74, 6) is 0. The zero-order valence-corrected chi connectivity index (χ0v) is 11.1. The lowest BCUT2D eigenvalue weighted by molar-refractivity contribution is 0.102. The highest BCUT2D eigenvalue weighted by Gasteiger charge is 2.28. The minimum Gasteiger partial charge on any atom is -0.313 e. The fraction of sp³-hybridized carbons (Fsp3) is 1.00. The molecule has 1 saturated carbocycles. The van der Waals surface area contributed by atoms with Gasteiger partial charge in [-0.25, -0.2) is 0 Å². The summed E-state index contributed by atoms with van der Waals surface area (Å²) >= 11 is 6.20. The van der Waals surface area contributed by atoms with Gasteiger partial charge in [0, 0.05) is 0 Å². The second-order valence-electron chi connectivity index (χ2n) is 3.50. The van der Waals surface area contributed by atoms with Crippen molar-refractivity contribution in [2.75, 3.05) is 13.2 Å². The van der Waals surface area contributed by atoms with Gasteiger partial charge in [0.25, 0.3) is 0 Å². The normalized spacial score (nSPS) is 27.2. The standard InChI is InChI=1S/C10H20ClO3P/c1-3-12-15(13-4-2)14-10-8-6-5-7-9(10)11/h9-10H,3-8H2,1-2H3. The Bertz CT molecular complexity index is 165. The lowest BCUT2D eigenvalue weighted by atomic mass is 9.97. The first-order valence-electron chi connectivity index (χ1n) is 5.64. The van der Waals surface area contributed by atoms with E-state index < -0.39 is 8.60 Å². The first kappa shape index (κ1) is 13.7. The van der Waals surface area contributed by atoms with E-state index in [1.54, 1.807) is 0 Å². The van der Waals surface area contributed by atoms with Gasteiger partial charge in [-0.05, 0) is 26.7 Å². The van der Waals surface area contributed by atoms with Crippen molar-refractivity contribution in [3.8, 4) is 0 Å². The Morgan fingerprint density at radius 3 is 2.27 bits per heavy atom. The van der Waals surface area contributed by atoms with Crippen LogP contribution in [-0.4, -0.2) is 24.7 Å². The molecule has 0 aliphatic heterocycles. The average molecular weight is 255 g/mol. The van der Waals surface area contributed by atoms with E-state index in [4.69, 9.17) is 25.2 Å². The van der Waals surface area contributed by atoms with Crippen molar-refractivity contribution >= 4 is 20.2 Å². The Labute approximate surface area is 98.4 Å². The van der Waals surface area contributed by atoms with Gasteiger partial charge in [-0.3, -0.25) is 0 Å². The SMILES string of the molecule is CCOP(OCC)OC1CCCCC1Cl. The molecule has 2 unspecified atom stereocenters. The van der Waals surface area contributed by atoms with Crippen LogP contribution in [0.25, 0.3) is 0 Å². The number of hydrogen-bond acceptors (Lipinski definition) is 3. The van der Waals surface area contributed by atoms with Crippen molar-refractivity contribution in [1.82, 2.24) is 0 Å². The zero-order chi connectivity index (χ0) is 11.1. The average Bonchev–Trinajstić information content (AvgIpc) is 2.22. The van der Waals surface area contributed by atoms with Crippen LogP contribution >= 0.6 is 20.2 Å². The summed E-state index contributed by atoms with van der Waals surface area (Å²) in [4.78, 5) is 0. The molecule has 1 fully saturated rings. The fourth-order valence-corrected chi connectivity index (χ4v) is 3.08. The van der Waals surface area contributed by atoms with E-state index in [-0.39, 0.29) is 11.5 Å². The second-order valence-corrected chi connectivity index (χ2v) is 5.24. The van der Waals surface area contributed by atoms with Crippen LogP contribution in [0.4, 0.5) is 0 Å². The van der Waals surface area contributed by atoms with Gasteiger partial charge >= 0.3 is 8.60 Å². The predicted octanol–water partition coefficient (Wildman–Crippen LogP) is 3.85. The van der Waals surface area contributed by atoms with E-state index in [9.17, 15) is 0 Å². The van der Waals surface area contributed by atoms with E-state index >= 15 is 0 Å². The van der Waals surface area contributed by atoms with Gasteiger partial charge in [-0.15, -0.1) is 11.6 Å². The molecule has 1 aliphatic carbocycles. The van der Waals surface area contributed by atoms with Gasteiger partial charge in [-0.2, -0.15) is 0 Å². The second kappa shape index (κ2) is 7.81. The maximum absolute atomic E-state index is 6.20. The highest BCUT2D eigenvalue weighted by Crippen LogP contribution is 2.44. The summed E-state index contributed by atoms with van der Waals surface area (Å²) in [6, 6.07) is 0. The monoisotopic (exact) mass is 254 g/mol. The van der Waals surface area contributed by atoms with Crippen LogP contribution in [-0.2, 0) is 13.6 Å². The fourth-order valence-electron chi connectivity index (χ4n) is 1.59. The Morgan fingerprint density at radius 2 is 1.73 bits per heavy atom. The third-order valence-electron chi connectivity index (χ3n) is 2.31. The van der Waals surface area contributed by atoms with Crippen LogP contribution in [0.15, 0.2) is 0 Å². The summed E-state index contributed by atoms with van der Waals surface area (Å²) in [6.07, 6.45) is 4.55. The molecule has 0 aromatic rings. The topological polar surface area (TPSA) is 27.7 Å². The number of alkyl halides is 1. The molecule has 3 nitrogen and oxygen atoms in total. The molecular formula is C10H20ClO3P. The Hall–Kier alpha value is 0.600. The molecule has 0 radical (unpaired) electrons. The zero-order valence-electron chi connectivity index (χ0n) is 9.45. The van der Waals surface area contributed by atoms with Gasteiger partial charge in [0.2, 0.25) is 0 Å². The molecule has 0 bridgehead atoms. The summed E-state index contributed by atoms with van der Waals surface area (Å²) < 4.78 is 16.6. The molecule has 2 atom stereocenters. The Kier molecular flexibility index (Phi) is 7.11. The maximum atomic E-state index is 6.20. The number of rotatable bonds is 6. The first-order chi connectivity index (χ1) is 7.27. The molecule has 0 spiro atoms. The molecule has 90 valence electrons. The predicted molar refractivity (Wildman–Crippen MR) is 63.2 cm³/mol. The van der Waals surface area contributed by atoms with Crippen molar-refractivity contribution in [2.24, 2.45) is 0 Å². The largest absolute Gasteiger partial charge is 0.332 e. The smallest absolute Gasteiger partial charge is 0.313 e. The molecular weight excluding hydrogens is 235 g/mol. The molecule has 0 heterocycles. The van der Waals surface area contributed by atoms with E-state index in [1.165, 1.54) is 12.8 Å². The van der Waals surface area contributed by atoms with Crippen molar-refractivity contribution in [3.63, 3.8) is 0 Å². The van der Waals surface area contributed by atoms with Crippen LogP contribution in [0.2, 0.25) is 0 Å². The van der Waals surface area contributed by atoms with E-state index in [2.05, 4.69) is 0 Å². The van der Waals surface area contributed by atoms with Gasteiger partial charge in [0.15, 0.2) is 0 Å². The van der Waals surface area contributed by atoms with Gasteiger partial charge in [-0.1, -0.05) is 12.8 Å². The van der Waals surface area contributed by atoms with Gasteiger partial charge < -0.3 is 13.6 Å². The number of hydrogen-bond donors (Lipinski definition) is 0. The third kappa shape index (κ3) is 4.97. The maximum Gasteiger partial charge on any atom is 0.332 e. The van der Waals surface area contributed by atoms with Crippen LogP contribution in [0.5, 0.6) is 0 Å². The highest BCUT2D eigenvalue weighted by molar-refractivity contribution is 7.41. The van der Waals surface area contributed by atoms with Crippen molar-refractivity contribution in [2.45, 2.75) is 51.0 Å². The lowest BCUT2D eigenvalue weighted by Crippen LogP contribution is -2.27. The van der Waals surface area contributed by atoms with E-state index in [0.29, 0.717) is 13.2 Å². The summed E-state index contributed by atoms with van der Waals surface area (Å²) in [6.45, 7) is 5.12. The molecule has 0 amide bonds. The molecule has 0 saturated heterocycles. The molecule has 0 aromatic carbocycles. The molecule has 15 heavy (non-hydrogen) atoms. The van der Waals surface area contributed by atoms with Gasteiger partial charge in [0.05, 0.1) is 24.7 Å². The number of halogens is 1. The molecule has 1 rings (SSSR count). The Morgan fingerprint density at radius 1 is 1.13 bits per heavy atom. The first-order valence-corrected chi connectivity index (χ1v) is 7.17. The highest BCUT2D eigenvalue weighted by atomic mass is 35.5.